The van der Waals surface area contributed by atoms with Crippen LogP contribution < -0.4 is 0 Å². The van der Waals surface area contributed by atoms with Crippen LogP contribution in [0.1, 0.15) is 27.2 Å². The van der Waals surface area contributed by atoms with Crippen molar-refractivity contribution < 1.29 is 9.59 Å². The van der Waals surface area contributed by atoms with Gasteiger partial charge in [0.2, 0.25) is 5.91 Å². The number of nitrogens with zero attached hydrogens (tertiary/aromatic N) is 1. The zero-order chi connectivity index (χ0) is 9.30. The minimum atomic E-state index is -0.234. The summed E-state index contributed by atoms with van der Waals surface area (Å²) in [6.07, 6.45) is 0.885. The number of likely N-dealkylation sites (tertiary alicyclic amines) is 1. The Balaban J connectivity index is 2.65. The minimum Gasteiger partial charge on any atom is -0.333 e. The number of hydrogen-bond acceptors (Lipinski definition) is 2. The first kappa shape index (κ1) is 9.23. The average Bonchev–Trinajstić information content (AvgIpc) is 2.32. The maximum atomic E-state index is 11.4. The lowest BCUT2D eigenvalue weighted by atomic mass is 10.1. The van der Waals surface area contributed by atoms with Crippen LogP contribution in [0, 0.1) is 5.92 Å². The van der Waals surface area contributed by atoms with Gasteiger partial charge in [-0.2, -0.15) is 0 Å². The van der Waals surface area contributed by atoms with Gasteiger partial charge in [0.1, 0.15) is 0 Å². The van der Waals surface area contributed by atoms with Gasteiger partial charge in [-0.05, 0) is 20.3 Å². The van der Waals surface area contributed by atoms with Crippen LogP contribution in [0.2, 0.25) is 0 Å². The van der Waals surface area contributed by atoms with Gasteiger partial charge in [-0.1, -0.05) is 6.92 Å². The molecule has 1 aliphatic heterocycles. The number of rotatable bonds is 2. The fraction of sp³-hybridized carbons (Fsp3) is 0.778. The Bertz CT molecular complexity index is 213. The summed E-state index contributed by atoms with van der Waals surface area (Å²) in [6.45, 7) is 5.97. The number of amides is 1. The van der Waals surface area contributed by atoms with Crippen molar-refractivity contribution in [1.82, 2.24) is 4.90 Å². The van der Waals surface area contributed by atoms with Gasteiger partial charge in [-0.3, -0.25) is 9.59 Å². The Morgan fingerprint density at radius 3 is 2.58 bits per heavy atom. The Kier molecular flexibility index (Phi) is 2.50. The first-order valence-electron chi connectivity index (χ1n) is 4.35. The molecule has 0 radical (unpaired) electrons. The zero-order valence-corrected chi connectivity index (χ0v) is 7.83. The monoisotopic (exact) mass is 169 g/mol. The van der Waals surface area contributed by atoms with Crippen molar-refractivity contribution in [1.29, 1.82) is 0 Å². The molecule has 0 aromatic heterocycles. The van der Waals surface area contributed by atoms with Crippen LogP contribution in [0.4, 0.5) is 0 Å². The summed E-state index contributed by atoms with van der Waals surface area (Å²) in [4.78, 5) is 24.1. The molecule has 1 heterocycles. The van der Waals surface area contributed by atoms with E-state index in [0.717, 1.165) is 13.0 Å². The van der Waals surface area contributed by atoms with E-state index < -0.39 is 0 Å². The van der Waals surface area contributed by atoms with Gasteiger partial charge < -0.3 is 4.90 Å². The maximum absolute atomic E-state index is 11.4. The van der Waals surface area contributed by atoms with E-state index in [9.17, 15) is 9.59 Å². The summed E-state index contributed by atoms with van der Waals surface area (Å²) in [5.41, 5.74) is 0. The third kappa shape index (κ3) is 1.49. The van der Waals surface area contributed by atoms with E-state index in [4.69, 9.17) is 0 Å². The molecule has 1 aliphatic rings. The fourth-order valence-electron chi connectivity index (χ4n) is 1.45. The van der Waals surface area contributed by atoms with Gasteiger partial charge in [-0.15, -0.1) is 0 Å². The van der Waals surface area contributed by atoms with Crippen LogP contribution in [0.5, 0.6) is 0 Å². The second kappa shape index (κ2) is 3.25. The van der Waals surface area contributed by atoms with Gasteiger partial charge in [0.25, 0.3) is 0 Å². The summed E-state index contributed by atoms with van der Waals surface area (Å²) < 4.78 is 0. The molecule has 0 spiro atoms. The highest BCUT2D eigenvalue weighted by atomic mass is 16.2. The highest BCUT2D eigenvalue weighted by Crippen LogP contribution is 2.19. The van der Waals surface area contributed by atoms with E-state index in [1.165, 1.54) is 6.92 Å². The lowest BCUT2D eigenvalue weighted by Crippen LogP contribution is -2.39. The SMILES string of the molecule is CC(=O)[C@H](C)N1CC[C@@H](C)C1=O. The second-order valence-corrected chi connectivity index (χ2v) is 3.51. The summed E-state index contributed by atoms with van der Waals surface area (Å²) in [7, 11) is 0. The van der Waals surface area contributed by atoms with E-state index in [1.54, 1.807) is 11.8 Å². The van der Waals surface area contributed by atoms with Crippen LogP contribution in [-0.2, 0) is 9.59 Å². The second-order valence-electron chi connectivity index (χ2n) is 3.51. The number of ketones is 1. The number of carbonyl (C=O) groups is 2. The van der Waals surface area contributed by atoms with Gasteiger partial charge in [-0.25, -0.2) is 0 Å². The van der Waals surface area contributed by atoms with E-state index in [0.29, 0.717) is 0 Å². The zero-order valence-electron chi connectivity index (χ0n) is 7.83. The number of hydrogen-bond donors (Lipinski definition) is 0. The quantitative estimate of drug-likeness (QED) is 0.614. The van der Waals surface area contributed by atoms with Crippen LogP contribution in [0.25, 0.3) is 0 Å². The first-order chi connectivity index (χ1) is 5.54. The highest BCUT2D eigenvalue weighted by molar-refractivity contribution is 5.89. The average molecular weight is 169 g/mol. The molecule has 0 aromatic rings. The van der Waals surface area contributed by atoms with Crippen molar-refractivity contribution in [3.63, 3.8) is 0 Å². The lowest BCUT2D eigenvalue weighted by molar-refractivity contribution is -0.137. The predicted molar refractivity (Wildman–Crippen MR) is 45.6 cm³/mol. The smallest absolute Gasteiger partial charge is 0.226 e. The molecule has 12 heavy (non-hydrogen) atoms. The molecule has 1 rings (SSSR count). The molecule has 2 atom stereocenters. The molecule has 1 amide bonds. The van der Waals surface area contributed by atoms with Crippen molar-refractivity contribution >= 4 is 11.7 Å². The Hall–Kier alpha value is -0.860. The molecule has 1 fully saturated rings. The number of Topliss-reactive ketones (excluding diaryl/α,β-unsaturated/α-hetero) is 1. The molecule has 1 saturated heterocycles. The molecule has 0 bridgehead atoms. The highest BCUT2D eigenvalue weighted by Gasteiger charge is 2.32. The minimum absolute atomic E-state index is 0.0671. The van der Waals surface area contributed by atoms with Crippen LogP contribution >= 0.6 is 0 Å². The van der Waals surface area contributed by atoms with Gasteiger partial charge >= 0.3 is 0 Å². The molecule has 0 aliphatic carbocycles. The summed E-state index contributed by atoms with van der Waals surface area (Å²) in [6, 6.07) is -0.234. The van der Waals surface area contributed by atoms with Crippen molar-refractivity contribution in [3.05, 3.63) is 0 Å². The molecule has 0 unspecified atom stereocenters. The van der Waals surface area contributed by atoms with Crippen molar-refractivity contribution in [2.75, 3.05) is 6.54 Å². The van der Waals surface area contributed by atoms with E-state index in [1.807, 2.05) is 6.92 Å². The van der Waals surface area contributed by atoms with Crippen molar-refractivity contribution in [2.45, 2.75) is 33.2 Å². The maximum Gasteiger partial charge on any atom is 0.226 e. The van der Waals surface area contributed by atoms with Crippen LogP contribution in [0.15, 0.2) is 0 Å². The Labute approximate surface area is 72.7 Å². The first-order valence-corrected chi connectivity index (χ1v) is 4.35. The van der Waals surface area contributed by atoms with Gasteiger partial charge in [0.05, 0.1) is 6.04 Å². The summed E-state index contributed by atoms with van der Waals surface area (Å²) in [5.74, 6) is 0.293. The third-order valence-electron chi connectivity index (χ3n) is 2.56. The third-order valence-corrected chi connectivity index (χ3v) is 2.56. The van der Waals surface area contributed by atoms with Crippen LogP contribution in [0.3, 0.4) is 0 Å². The molecule has 0 aromatic carbocycles. The molecular formula is C9H15NO2. The molecule has 0 N–H and O–H groups in total. The molecule has 3 nitrogen and oxygen atoms in total. The Morgan fingerprint density at radius 2 is 2.25 bits per heavy atom. The molecule has 68 valence electrons. The van der Waals surface area contributed by atoms with Crippen molar-refractivity contribution in [3.8, 4) is 0 Å². The molecule has 0 saturated carbocycles. The molecular weight excluding hydrogens is 154 g/mol. The van der Waals surface area contributed by atoms with Crippen LogP contribution in [-0.4, -0.2) is 29.2 Å². The van der Waals surface area contributed by atoms with E-state index >= 15 is 0 Å². The summed E-state index contributed by atoms with van der Waals surface area (Å²) in [5, 5.41) is 0. The normalized spacial score (nSPS) is 26.1. The number of carbonyl (C=O) groups excluding carboxylic acids is 2. The standard InChI is InChI=1S/C9H15NO2/c1-6-4-5-10(9(6)12)7(2)8(3)11/h6-7H,4-5H2,1-3H3/t6-,7+/m1/s1. The summed E-state index contributed by atoms with van der Waals surface area (Å²) >= 11 is 0. The van der Waals surface area contributed by atoms with E-state index in [-0.39, 0.29) is 23.7 Å². The van der Waals surface area contributed by atoms with E-state index in [2.05, 4.69) is 0 Å². The lowest BCUT2D eigenvalue weighted by Gasteiger charge is -2.21. The Morgan fingerprint density at radius 1 is 1.67 bits per heavy atom. The predicted octanol–water partition coefficient (Wildman–Crippen LogP) is 0.832. The fourth-order valence-corrected chi connectivity index (χ4v) is 1.45. The largest absolute Gasteiger partial charge is 0.333 e. The van der Waals surface area contributed by atoms with Gasteiger partial charge in [0.15, 0.2) is 5.78 Å². The molecule has 3 heteroatoms. The van der Waals surface area contributed by atoms with Gasteiger partial charge in [0, 0.05) is 12.5 Å². The van der Waals surface area contributed by atoms with Crippen molar-refractivity contribution in [2.24, 2.45) is 5.92 Å². The topological polar surface area (TPSA) is 37.4 Å².